The molecule has 1 atom stereocenters. The van der Waals surface area contributed by atoms with E-state index in [0.29, 0.717) is 5.69 Å². The monoisotopic (exact) mass is 357 g/mol. The van der Waals surface area contributed by atoms with E-state index in [0.717, 1.165) is 27.5 Å². The van der Waals surface area contributed by atoms with Crippen molar-refractivity contribution in [1.82, 2.24) is 24.9 Å². The molecule has 0 saturated heterocycles. The Labute approximate surface area is 151 Å². The smallest absolute Gasteiger partial charge is 0.274 e. The van der Waals surface area contributed by atoms with Crippen LogP contribution in [0.1, 0.15) is 45.3 Å². The number of amides is 1. The summed E-state index contributed by atoms with van der Waals surface area (Å²) in [4.78, 5) is 16.9. The van der Waals surface area contributed by atoms with E-state index >= 15 is 0 Å². The zero-order chi connectivity index (χ0) is 18.3. The number of nitrogens with zero attached hydrogens (tertiary/aromatic N) is 4. The lowest BCUT2D eigenvalue weighted by Crippen LogP contribution is -2.30. The van der Waals surface area contributed by atoms with Crippen LogP contribution in [0.2, 0.25) is 0 Å². The van der Waals surface area contributed by atoms with Crippen molar-refractivity contribution in [3.05, 3.63) is 45.7 Å². The number of rotatable bonds is 4. The number of H-pyrrole nitrogens is 1. The predicted octanol–water partition coefficient (Wildman–Crippen LogP) is 3.63. The maximum absolute atomic E-state index is 12.9. The second-order valence-electron chi connectivity index (χ2n) is 6.38. The van der Waals surface area contributed by atoms with Crippen molar-refractivity contribution >= 4 is 17.2 Å². The molecule has 0 aromatic carbocycles. The van der Waals surface area contributed by atoms with Crippen molar-refractivity contribution in [3.63, 3.8) is 0 Å². The SMILES string of the molecule is Cc1ccc(-c2cc(C(=O)N(C)[C@@H](C)c3c(C)nn(C)c3C)n[nH]2)s1. The van der Waals surface area contributed by atoms with Crippen molar-refractivity contribution in [2.45, 2.75) is 33.7 Å². The van der Waals surface area contributed by atoms with Gasteiger partial charge in [-0.25, -0.2) is 0 Å². The van der Waals surface area contributed by atoms with Gasteiger partial charge in [-0.3, -0.25) is 14.6 Å². The standard InChI is InChI=1S/C18H23N5OS/c1-10-7-8-16(25-10)14-9-15(20-19-14)18(24)22(5)12(3)17-11(2)21-23(6)13(17)4/h7-9,12H,1-6H3,(H,19,20)/t12-/m0/s1. The average molecular weight is 357 g/mol. The highest BCUT2D eigenvalue weighted by Gasteiger charge is 2.25. The maximum atomic E-state index is 12.9. The Morgan fingerprint density at radius 1 is 1.32 bits per heavy atom. The molecule has 0 radical (unpaired) electrons. The molecule has 0 unspecified atom stereocenters. The van der Waals surface area contributed by atoms with Gasteiger partial charge in [-0.1, -0.05) is 0 Å². The van der Waals surface area contributed by atoms with E-state index in [1.165, 1.54) is 4.88 Å². The van der Waals surface area contributed by atoms with Crippen molar-refractivity contribution in [2.75, 3.05) is 7.05 Å². The van der Waals surface area contributed by atoms with Gasteiger partial charge in [0, 0.05) is 30.2 Å². The summed E-state index contributed by atoms with van der Waals surface area (Å²) >= 11 is 1.68. The highest BCUT2D eigenvalue weighted by Crippen LogP contribution is 2.29. The number of nitrogens with one attached hydrogen (secondary N) is 1. The normalized spacial score (nSPS) is 12.4. The van der Waals surface area contributed by atoms with Gasteiger partial charge in [0.2, 0.25) is 0 Å². The van der Waals surface area contributed by atoms with Crippen LogP contribution in [0, 0.1) is 20.8 Å². The summed E-state index contributed by atoms with van der Waals surface area (Å²) in [5, 5.41) is 11.6. The van der Waals surface area contributed by atoms with Crippen LogP contribution in [-0.4, -0.2) is 37.8 Å². The third-order valence-corrected chi connectivity index (χ3v) is 5.72. The van der Waals surface area contributed by atoms with Crippen LogP contribution in [0.5, 0.6) is 0 Å². The summed E-state index contributed by atoms with van der Waals surface area (Å²) in [6, 6.07) is 5.84. The van der Waals surface area contributed by atoms with Gasteiger partial charge in [0.15, 0.2) is 5.69 Å². The Hall–Kier alpha value is -2.41. The van der Waals surface area contributed by atoms with Gasteiger partial charge in [-0.15, -0.1) is 11.3 Å². The molecular formula is C18H23N5OS. The minimum atomic E-state index is -0.106. The number of thiophene rings is 1. The molecule has 0 saturated carbocycles. The largest absolute Gasteiger partial charge is 0.333 e. The van der Waals surface area contributed by atoms with E-state index in [9.17, 15) is 4.79 Å². The van der Waals surface area contributed by atoms with Gasteiger partial charge in [-0.2, -0.15) is 10.2 Å². The van der Waals surface area contributed by atoms with Crippen molar-refractivity contribution in [1.29, 1.82) is 0 Å². The molecule has 3 rings (SSSR count). The summed E-state index contributed by atoms with van der Waals surface area (Å²) in [7, 11) is 3.73. The summed E-state index contributed by atoms with van der Waals surface area (Å²) < 4.78 is 1.85. The number of aromatic amines is 1. The van der Waals surface area contributed by atoms with Gasteiger partial charge in [0.25, 0.3) is 5.91 Å². The lowest BCUT2D eigenvalue weighted by molar-refractivity contribution is 0.0736. The van der Waals surface area contributed by atoms with Gasteiger partial charge >= 0.3 is 0 Å². The lowest BCUT2D eigenvalue weighted by Gasteiger charge is -2.24. The van der Waals surface area contributed by atoms with E-state index in [1.807, 2.05) is 51.7 Å². The van der Waals surface area contributed by atoms with Crippen molar-refractivity contribution in [2.24, 2.45) is 7.05 Å². The van der Waals surface area contributed by atoms with Gasteiger partial charge in [0.05, 0.1) is 22.3 Å². The minimum Gasteiger partial charge on any atom is -0.333 e. The first-order valence-electron chi connectivity index (χ1n) is 8.19. The number of aryl methyl sites for hydroxylation is 3. The first-order chi connectivity index (χ1) is 11.8. The zero-order valence-corrected chi connectivity index (χ0v) is 16.2. The fraction of sp³-hybridized carbons (Fsp3) is 0.389. The Morgan fingerprint density at radius 3 is 2.60 bits per heavy atom. The van der Waals surface area contributed by atoms with Crippen molar-refractivity contribution < 1.29 is 4.79 Å². The van der Waals surface area contributed by atoms with Crippen LogP contribution in [-0.2, 0) is 7.05 Å². The van der Waals surface area contributed by atoms with E-state index in [4.69, 9.17) is 0 Å². The van der Waals surface area contributed by atoms with Gasteiger partial charge in [0.1, 0.15) is 0 Å². The van der Waals surface area contributed by atoms with Crippen LogP contribution in [0.3, 0.4) is 0 Å². The van der Waals surface area contributed by atoms with E-state index in [-0.39, 0.29) is 11.9 Å². The summed E-state index contributed by atoms with van der Waals surface area (Å²) in [6.07, 6.45) is 0. The number of hydrogen-bond acceptors (Lipinski definition) is 4. The molecule has 132 valence electrons. The third kappa shape index (κ3) is 3.11. The summed E-state index contributed by atoms with van der Waals surface area (Å²) in [6.45, 7) is 8.08. The highest BCUT2D eigenvalue weighted by atomic mass is 32.1. The van der Waals surface area contributed by atoms with E-state index in [2.05, 4.69) is 28.3 Å². The number of carbonyl (C=O) groups is 1. The van der Waals surface area contributed by atoms with Crippen LogP contribution in [0.25, 0.3) is 10.6 Å². The molecule has 3 aromatic rings. The second-order valence-corrected chi connectivity index (χ2v) is 7.67. The van der Waals surface area contributed by atoms with Crippen molar-refractivity contribution in [3.8, 4) is 10.6 Å². The number of carbonyl (C=O) groups excluding carboxylic acids is 1. The Morgan fingerprint density at radius 2 is 2.04 bits per heavy atom. The summed E-state index contributed by atoms with van der Waals surface area (Å²) in [5.41, 5.74) is 4.40. The van der Waals surface area contributed by atoms with Gasteiger partial charge < -0.3 is 4.90 Å². The fourth-order valence-electron chi connectivity index (χ4n) is 3.08. The van der Waals surface area contributed by atoms with Crippen LogP contribution in [0.4, 0.5) is 0 Å². The maximum Gasteiger partial charge on any atom is 0.274 e. The van der Waals surface area contributed by atoms with E-state index < -0.39 is 0 Å². The average Bonchev–Trinajstić information content (AvgIpc) is 3.26. The fourth-order valence-corrected chi connectivity index (χ4v) is 3.92. The molecule has 0 aliphatic rings. The molecule has 1 amide bonds. The molecule has 3 heterocycles. The Kier molecular flexibility index (Phi) is 4.51. The van der Waals surface area contributed by atoms with Gasteiger partial charge in [-0.05, 0) is 45.9 Å². The molecule has 0 bridgehead atoms. The molecule has 25 heavy (non-hydrogen) atoms. The Balaban J connectivity index is 1.84. The molecular weight excluding hydrogens is 334 g/mol. The third-order valence-electron chi connectivity index (χ3n) is 4.69. The predicted molar refractivity (Wildman–Crippen MR) is 99.8 cm³/mol. The van der Waals surface area contributed by atoms with E-state index in [1.54, 1.807) is 16.2 Å². The lowest BCUT2D eigenvalue weighted by atomic mass is 10.0. The molecule has 3 aromatic heterocycles. The first-order valence-corrected chi connectivity index (χ1v) is 9.00. The zero-order valence-electron chi connectivity index (χ0n) is 15.4. The second kappa shape index (κ2) is 6.48. The molecule has 1 N–H and O–H groups in total. The van der Waals surface area contributed by atoms with Crippen LogP contribution >= 0.6 is 11.3 Å². The first kappa shape index (κ1) is 17.4. The Bertz CT molecular complexity index is 920. The number of hydrogen-bond donors (Lipinski definition) is 1. The minimum absolute atomic E-state index is 0.0784. The molecule has 6 nitrogen and oxygen atoms in total. The highest BCUT2D eigenvalue weighted by molar-refractivity contribution is 7.15. The quantitative estimate of drug-likeness (QED) is 0.775. The molecule has 0 spiro atoms. The molecule has 7 heteroatoms. The molecule has 0 aliphatic carbocycles. The van der Waals surface area contributed by atoms with Crippen LogP contribution in [0.15, 0.2) is 18.2 Å². The van der Waals surface area contributed by atoms with Crippen LogP contribution < -0.4 is 0 Å². The topological polar surface area (TPSA) is 66.8 Å². The molecule has 0 fully saturated rings. The number of aromatic nitrogens is 4. The summed E-state index contributed by atoms with van der Waals surface area (Å²) in [5.74, 6) is -0.106. The molecule has 0 aliphatic heterocycles.